The van der Waals surface area contributed by atoms with Gasteiger partial charge in [-0.1, -0.05) is 13.3 Å². The Hall–Kier alpha value is -3.11. The number of ether oxygens (including phenoxy) is 3. The number of benzene rings is 2. The van der Waals surface area contributed by atoms with E-state index in [0.29, 0.717) is 23.6 Å². The van der Waals surface area contributed by atoms with Crippen molar-refractivity contribution in [1.82, 2.24) is 4.72 Å². The van der Waals surface area contributed by atoms with Gasteiger partial charge in [0.25, 0.3) is 0 Å². The maximum absolute atomic E-state index is 12.7. The molecule has 0 heterocycles. The molecule has 0 saturated carbocycles. The summed E-state index contributed by atoms with van der Waals surface area (Å²) >= 11 is 0. The van der Waals surface area contributed by atoms with E-state index in [-0.39, 0.29) is 10.6 Å². The summed E-state index contributed by atoms with van der Waals surface area (Å²) in [4.78, 5) is 24.3. The maximum atomic E-state index is 12.7. The molecule has 0 aromatic heterocycles. The average Bonchev–Trinajstić information content (AvgIpc) is 2.78. The third-order valence-corrected chi connectivity index (χ3v) is 6.05. The van der Waals surface area contributed by atoms with E-state index in [1.807, 2.05) is 6.92 Å². The number of esters is 1. The van der Waals surface area contributed by atoms with Gasteiger partial charge in [-0.3, -0.25) is 4.79 Å². The van der Waals surface area contributed by atoms with Crippen LogP contribution < -0.4 is 19.5 Å². The summed E-state index contributed by atoms with van der Waals surface area (Å²) in [5, 5.41) is 2.61. The normalized spacial score (nSPS) is 12.0. The molecule has 32 heavy (non-hydrogen) atoms. The van der Waals surface area contributed by atoms with Crippen molar-refractivity contribution in [2.24, 2.45) is 0 Å². The third kappa shape index (κ3) is 6.69. The predicted molar refractivity (Wildman–Crippen MR) is 120 cm³/mol. The molecule has 2 N–H and O–H groups in total. The first kappa shape index (κ1) is 25.2. The van der Waals surface area contributed by atoms with Crippen LogP contribution in [0.4, 0.5) is 5.69 Å². The van der Waals surface area contributed by atoms with Gasteiger partial charge in [-0.25, -0.2) is 13.2 Å². The molecule has 2 rings (SSSR count). The number of anilines is 1. The van der Waals surface area contributed by atoms with Crippen molar-refractivity contribution in [3.63, 3.8) is 0 Å². The molecule has 10 heteroatoms. The second kappa shape index (κ2) is 11.5. The van der Waals surface area contributed by atoms with Crippen LogP contribution in [0.5, 0.6) is 11.5 Å². The number of rotatable bonds is 11. The molecule has 2 aromatic rings. The first-order chi connectivity index (χ1) is 15.2. The fraction of sp³-hybridized carbons (Fsp3) is 0.364. The Kier molecular flexibility index (Phi) is 9.03. The van der Waals surface area contributed by atoms with Gasteiger partial charge in [-0.15, -0.1) is 0 Å². The Morgan fingerprint density at radius 2 is 1.66 bits per heavy atom. The smallest absolute Gasteiger partial charge is 0.338 e. The number of methoxy groups -OCH3 is 2. The van der Waals surface area contributed by atoms with Gasteiger partial charge in [0.1, 0.15) is 0 Å². The Balaban J connectivity index is 2.01. The summed E-state index contributed by atoms with van der Waals surface area (Å²) in [6.07, 6.45) is 1.71. The minimum atomic E-state index is -3.99. The lowest BCUT2D eigenvalue weighted by molar-refractivity contribution is -0.117. The molecule has 9 nitrogen and oxygen atoms in total. The first-order valence-electron chi connectivity index (χ1n) is 10.0. The van der Waals surface area contributed by atoms with Gasteiger partial charge < -0.3 is 19.5 Å². The van der Waals surface area contributed by atoms with Crippen molar-refractivity contribution >= 4 is 27.6 Å². The van der Waals surface area contributed by atoms with Gasteiger partial charge in [0, 0.05) is 11.8 Å². The van der Waals surface area contributed by atoms with Crippen LogP contribution in [0.15, 0.2) is 47.4 Å². The van der Waals surface area contributed by atoms with E-state index < -0.39 is 27.9 Å². The lowest BCUT2D eigenvalue weighted by atomic mass is 10.2. The summed E-state index contributed by atoms with van der Waals surface area (Å²) in [6, 6.07) is 9.22. The second-order valence-electron chi connectivity index (χ2n) is 6.92. The molecule has 0 bridgehead atoms. The molecule has 2 aromatic carbocycles. The van der Waals surface area contributed by atoms with Gasteiger partial charge in [0.15, 0.2) is 11.5 Å². The summed E-state index contributed by atoms with van der Waals surface area (Å²) in [5.74, 6) is -0.365. The molecular formula is C22H28N2O7S. The molecule has 0 unspecified atom stereocenters. The van der Waals surface area contributed by atoms with Crippen LogP contribution in [0.1, 0.15) is 37.0 Å². The van der Waals surface area contributed by atoms with E-state index in [1.54, 1.807) is 12.1 Å². The zero-order valence-electron chi connectivity index (χ0n) is 18.5. The lowest BCUT2D eigenvalue weighted by Crippen LogP contribution is -2.41. The van der Waals surface area contributed by atoms with Crippen LogP contribution in [-0.2, 0) is 19.6 Å². The Labute approximate surface area is 188 Å². The highest BCUT2D eigenvalue weighted by Crippen LogP contribution is 2.29. The average molecular weight is 465 g/mol. The van der Waals surface area contributed by atoms with Gasteiger partial charge in [-0.2, -0.15) is 4.72 Å². The van der Waals surface area contributed by atoms with Crippen LogP contribution >= 0.6 is 0 Å². The van der Waals surface area contributed by atoms with E-state index in [0.717, 1.165) is 12.8 Å². The zero-order valence-corrected chi connectivity index (χ0v) is 19.3. The number of amides is 1. The number of carbonyl (C=O) groups excluding carboxylic acids is 2. The molecule has 1 amide bonds. The van der Waals surface area contributed by atoms with Gasteiger partial charge in [-0.05, 0) is 49.7 Å². The SMILES string of the molecule is CCCCOC(=O)c1ccc(NC(=O)[C@@H](C)NS(=O)(=O)c2ccc(OC)c(OC)c2)cc1. The predicted octanol–water partition coefficient (Wildman–Crippen LogP) is 2.97. The van der Waals surface area contributed by atoms with Gasteiger partial charge in [0.05, 0.1) is 37.3 Å². The fourth-order valence-corrected chi connectivity index (χ4v) is 3.89. The van der Waals surface area contributed by atoms with Crippen molar-refractivity contribution in [2.45, 2.75) is 37.6 Å². The monoisotopic (exact) mass is 464 g/mol. The van der Waals surface area contributed by atoms with Crippen molar-refractivity contribution in [3.8, 4) is 11.5 Å². The van der Waals surface area contributed by atoms with Crippen LogP contribution in [-0.4, -0.2) is 47.2 Å². The molecule has 0 spiro atoms. The molecule has 0 aliphatic heterocycles. The Morgan fingerprint density at radius 3 is 2.25 bits per heavy atom. The number of unbranched alkanes of at least 4 members (excludes halogenated alkanes) is 1. The highest BCUT2D eigenvalue weighted by molar-refractivity contribution is 7.89. The summed E-state index contributed by atoms with van der Waals surface area (Å²) < 4.78 is 43.0. The molecule has 0 aliphatic carbocycles. The topological polar surface area (TPSA) is 120 Å². The third-order valence-electron chi connectivity index (χ3n) is 4.51. The molecule has 174 valence electrons. The van der Waals surface area contributed by atoms with Crippen LogP contribution in [0, 0.1) is 0 Å². The standard InChI is InChI=1S/C22H28N2O7S/c1-5-6-13-31-22(26)16-7-9-17(10-8-16)23-21(25)15(2)24-32(27,28)18-11-12-19(29-3)20(14-18)30-4/h7-12,14-15,24H,5-6,13H2,1-4H3,(H,23,25)/t15-/m1/s1. The molecule has 1 atom stereocenters. The first-order valence-corrected chi connectivity index (χ1v) is 11.5. The lowest BCUT2D eigenvalue weighted by Gasteiger charge is -2.16. The number of hydrogen-bond acceptors (Lipinski definition) is 7. The van der Waals surface area contributed by atoms with Gasteiger partial charge >= 0.3 is 5.97 Å². The van der Waals surface area contributed by atoms with E-state index in [4.69, 9.17) is 14.2 Å². The van der Waals surface area contributed by atoms with Crippen molar-refractivity contribution in [1.29, 1.82) is 0 Å². The molecule has 0 fully saturated rings. The van der Waals surface area contributed by atoms with Crippen molar-refractivity contribution in [3.05, 3.63) is 48.0 Å². The summed E-state index contributed by atoms with van der Waals surface area (Å²) in [5.41, 5.74) is 0.776. The highest BCUT2D eigenvalue weighted by Gasteiger charge is 2.23. The number of hydrogen-bond donors (Lipinski definition) is 2. The second-order valence-corrected chi connectivity index (χ2v) is 8.63. The minimum absolute atomic E-state index is 0.0688. The number of carbonyl (C=O) groups is 2. The molecule has 0 radical (unpaired) electrons. The van der Waals surface area contributed by atoms with Crippen molar-refractivity contribution < 1.29 is 32.2 Å². The molecular weight excluding hydrogens is 436 g/mol. The van der Waals surface area contributed by atoms with Crippen LogP contribution in [0.3, 0.4) is 0 Å². The highest BCUT2D eigenvalue weighted by atomic mass is 32.2. The summed E-state index contributed by atoms with van der Waals surface area (Å²) in [7, 11) is -1.15. The van der Waals surface area contributed by atoms with Gasteiger partial charge in [0.2, 0.25) is 15.9 Å². The van der Waals surface area contributed by atoms with Crippen LogP contribution in [0.2, 0.25) is 0 Å². The number of nitrogens with one attached hydrogen (secondary N) is 2. The largest absolute Gasteiger partial charge is 0.493 e. The van der Waals surface area contributed by atoms with E-state index in [2.05, 4.69) is 10.0 Å². The Morgan fingerprint density at radius 1 is 1.00 bits per heavy atom. The zero-order chi connectivity index (χ0) is 23.7. The fourth-order valence-electron chi connectivity index (χ4n) is 2.67. The van der Waals surface area contributed by atoms with E-state index in [9.17, 15) is 18.0 Å². The molecule has 0 saturated heterocycles. The summed E-state index contributed by atoms with van der Waals surface area (Å²) in [6.45, 7) is 3.78. The quantitative estimate of drug-likeness (QED) is 0.387. The maximum Gasteiger partial charge on any atom is 0.338 e. The van der Waals surface area contributed by atoms with Crippen LogP contribution in [0.25, 0.3) is 0 Å². The minimum Gasteiger partial charge on any atom is -0.493 e. The van der Waals surface area contributed by atoms with E-state index in [1.165, 1.54) is 51.5 Å². The Bertz CT molecular complexity index is 1040. The van der Waals surface area contributed by atoms with Crippen molar-refractivity contribution in [2.75, 3.05) is 26.1 Å². The molecule has 0 aliphatic rings. The number of sulfonamides is 1. The van der Waals surface area contributed by atoms with E-state index >= 15 is 0 Å².